The molecular formula is C15H28N2O2. The summed E-state index contributed by atoms with van der Waals surface area (Å²) in [5.41, 5.74) is 0. The largest absolute Gasteiger partial charge is 0.343 e. The number of amides is 2. The zero-order chi connectivity index (χ0) is 14.7. The molecule has 0 bridgehead atoms. The van der Waals surface area contributed by atoms with Crippen molar-refractivity contribution in [3.63, 3.8) is 0 Å². The Kier molecular flexibility index (Phi) is 5.39. The first kappa shape index (κ1) is 16.0. The van der Waals surface area contributed by atoms with Gasteiger partial charge < -0.3 is 10.2 Å². The molecule has 1 aliphatic heterocycles. The Balaban J connectivity index is 3.08. The molecule has 0 radical (unpaired) electrons. The molecule has 1 rings (SSSR count). The highest BCUT2D eigenvalue weighted by Gasteiger charge is 2.44. The number of nitrogens with one attached hydrogen (secondary N) is 1. The first-order valence-corrected chi connectivity index (χ1v) is 7.47. The molecule has 19 heavy (non-hydrogen) atoms. The molecule has 1 saturated heterocycles. The lowest BCUT2D eigenvalue weighted by Gasteiger charge is -2.45. The maximum atomic E-state index is 12.6. The summed E-state index contributed by atoms with van der Waals surface area (Å²) in [4.78, 5) is 26.7. The molecule has 1 fully saturated rings. The van der Waals surface area contributed by atoms with Crippen LogP contribution in [0, 0.1) is 11.8 Å². The molecule has 0 aromatic carbocycles. The highest BCUT2D eigenvalue weighted by atomic mass is 16.2. The Bertz CT molecular complexity index is 341. The number of carbonyl (C=O) groups is 2. The topological polar surface area (TPSA) is 49.4 Å². The fourth-order valence-corrected chi connectivity index (χ4v) is 2.73. The third-order valence-electron chi connectivity index (χ3n) is 4.38. The van der Waals surface area contributed by atoms with Crippen molar-refractivity contribution in [3.05, 3.63) is 0 Å². The third kappa shape index (κ3) is 3.10. The van der Waals surface area contributed by atoms with Crippen LogP contribution in [0.2, 0.25) is 0 Å². The number of carbonyl (C=O) groups excluding carboxylic acids is 2. The summed E-state index contributed by atoms with van der Waals surface area (Å²) in [5.74, 6) is 0.604. The van der Waals surface area contributed by atoms with Gasteiger partial charge in [0.1, 0.15) is 12.1 Å². The molecule has 1 heterocycles. The van der Waals surface area contributed by atoms with E-state index in [-0.39, 0.29) is 35.9 Å². The Morgan fingerprint density at radius 1 is 1.16 bits per heavy atom. The fraction of sp³-hybridized carbons (Fsp3) is 0.867. The minimum atomic E-state index is -0.353. The number of nitrogens with zero attached hydrogens (tertiary/aromatic N) is 1. The van der Waals surface area contributed by atoms with E-state index in [0.29, 0.717) is 12.3 Å². The molecule has 0 aromatic heterocycles. The van der Waals surface area contributed by atoms with Crippen LogP contribution in [0.5, 0.6) is 0 Å². The van der Waals surface area contributed by atoms with Crippen LogP contribution in [0.3, 0.4) is 0 Å². The summed E-state index contributed by atoms with van der Waals surface area (Å²) in [5, 5.41) is 2.86. The maximum Gasteiger partial charge on any atom is 0.246 e. The van der Waals surface area contributed by atoms with Crippen molar-refractivity contribution in [2.24, 2.45) is 11.8 Å². The van der Waals surface area contributed by atoms with E-state index >= 15 is 0 Å². The van der Waals surface area contributed by atoms with Gasteiger partial charge in [-0.2, -0.15) is 0 Å². The summed E-state index contributed by atoms with van der Waals surface area (Å²) in [6.45, 7) is 12.3. The molecule has 0 aliphatic carbocycles. The summed E-state index contributed by atoms with van der Waals surface area (Å²) < 4.78 is 0. The van der Waals surface area contributed by atoms with Crippen LogP contribution >= 0.6 is 0 Å². The van der Waals surface area contributed by atoms with Gasteiger partial charge in [-0.1, -0.05) is 41.0 Å². The predicted octanol–water partition coefficient (Wildman–Crippen LogP) is 2.18. The molecule has 4 atom stereocenters. The molecular weight excluding hydrogens is 240 g/mol. The first-order chi connectivity index (χ1) is 8.84. The predicted molar refractivity (Wildman–Crippen MR) is 76.6 cm³/mol. The van der Waals surface area contributed by atoms with E-state index in [2.05, 4.69) is 26.1 Å². The summed E-state index contributed by atoms with van der Waals surface area (Å²) in [6.07, 6.45) is 1.66. The van der Waals surface area contributed by atoms with Crippen LogP contribution in [0.15, 0.2) is 0 Å². The van der Waals surface area contributed by atoms with Gasteiger partial charge in [0.2, 0.25) is 11.8 Å². The zero-order valence-corrected chi connectivity index (χ0v) is 13.1. The lowest BCUT2D eigenvalue weighted by molar-refractivity contribution is -0.155. The van der Waals surface area contributed by atoms with Crippen molar-refractivity contribution < 1.29 is 9.59 Å². The van der Waals surface area contributed by atoms with Gasteiger partial charge in [-0.05, 0) is 25.2 Å². The van der Waals surface area contributed by atoms with Crippen molar-refractivity contribution in [1.29, 1.82) is 0 Å². The standard InChI is InChI=1S/C15H28N2O2/c1-7-10(5)11(6)17-13(9(3)4)14(18)16-12(8-2)15(17)19/h9-13H,7-8H2,1-6H3,(H,16,18). The SMILES string of the molecule is CCC1NC(=O)C(C(C)C)N(C(C)C(C)CC)C1=O. The molecule has 0 aromatic rings. The highest BCUT2D eigenvalue weighted by Crippen LogP contribution is 2.25. The van der Waals surface area contributed by atoms with Crippen molar-refractivity contribution in [2.45, 2.75) is 72.5 Å². The van der Waals surface area contributed by atoms with E-state index < -0.39 is 0 Å². The van der Waals surface area contributed by atoms with E-state index in [0.717, 1.165) is 6.42 Å². The molecule has 4 nitrogen and oxygen atoms in total. The Morgan fingerprint density at radius 3 is 2.16 bits per heavy atom. The highest BCUT2D eigenvalue weighted by molar-refractivity contribution is 5.97. The van der Waals surface area contributed by atoms with E-state index in [1.54, 1.807) is 0 Å². The maximum absolute atomic E-state index is 12.6. The number of piperazine rings is 1. The zero-order valence-electron chi connectivity index (χ0n) is 13.1. The van der Waals surface area contributed by atoms with Crippen LogP contribution < -0.4 is 5.32 Å². The quantitative estimate of drug-likeness (QED) is 0.831. The van der Waals surface area contributed by atoms with Gasteiger partial charge in [-0.3, -0.25) is 9.59 Å². The Hall–Kier alpha value is -1.06. The van der Waals surface area contributed by atoms with Crippen LogP contribution in [0.1, 0.15) is 54.4 Å². The van der Waals surface area contributed by atoms with Crippen LogP contribution in [-0.2, 0) is 9.59 Å². The van der Waals surface area contributed by atoms with Crippen LogP contribution in [-0.4, -0.2) is 34.8 Å². The van der Waals surface area contributed by atoms with Crippen molar-refractivity contribution in [3.8, 4) is 0 Å². The van der Waals surface area contributed by atoms with Gasteiger partial charge in [-0.25, -0.2) is 0 Å². The normalized spacial score (nSPS) is 27.4. The fourth-order valence-electron chi connectivity index (χ4n) is 2.73. The van der Waals surface area contributed by atoms with Gasteiger partial charge in [0.15, 0.2) is 0 Å². The van der Waals surface area contributed by atoms with E-state index in [1.807, 2.05) is 25.7 Å². The van der Waals surface area contributed by atoms with Gasteiger partial charge in [0.25, 0.3) is 0 Å². The monoisotopic (exact) mass is 268 g/mol. The van der Waals surface area contributed by atoms with Crippen LogP contribution in [0.4, 0.5) is 0 Å². The molecule has 1 aliphatic rings. The minimum Gasteiger partial charge on any atom is -0.343 e. The summed E-state index contributed by atoms with van der Waals surface area (Å²) in [6, 6.07) is -0.585. The molecule has 1 N–H and O–H groups in total. The molecule has 110 valence electrons. The van der Waals surface area contributed by atoms with E-state index in [9.17, 15) is 9.59 Å². The molecule has 4 unspecified atom stereocenters. The molecule has 0 saturated carbocycles. The third-order valence-corrected chi connectivity index (χ3v) is 4.38. The second-order valence-electron chi connectivity index (χ2n) is 6.03. The first-order valence-electron chi connectivity index (χ1n) is 7.47. The van der Waals surface area contributed by atoms with Gasteiger partial charge >= 0.3 is 0 Å². The Labute approximate surface area is 116 Å². The minimum absolute atomic E-state index is 0.00315. The number of rotatable bonds is 5. The smallest absolute Gasteiger partial charge is 0.246 e. The Morgan fingerprint density at radius 2 is 1.74 bits per heavy atom. The van der Waals surface area contributed by atoms with E-state index in [1.165, 1.54) is 0 Å². The van der Waals surface area contributed by atoms with Crippen molar-refractivity contribution >= 4 is 11.8 Å². The van der Waals surface area contributed by atoms with Crippen molar-refractivity contribution in [2.75, 3.05) is 0 Å². The average molecular weight is 268 g/mol. The number of hydrogen-bond donors (Lipinski definition) is 1. The second kappa shape index (κ2) is 6.40. The lowest BCUT2D eigenvalue weighted by atomic mass is 9.90. The van der Waals surface area contributed by atoms with Gasteiger partial charge in [-0.15, -0.1) is 0 Å². The summed E-state index contributed by atoms with van der Waals surface area (Å²) >= 11 is 0. The van der Waals surface area contributed by atoms with Gasteiger partial charge in [0, 0.05) is 6.04 Å². The second-order valence-corrected chi connectivity index (χ2v) is 6.03. The molecule has 4 heteroatoms. The van der Waals surface area contributed by atoms with Crippen LogP contribution in [0.25, 0.3) is 0 Å². The summed E-state index contributed by atoms with van der Waals surface area (Å²) in [7, 11) is 0. The molecule has 0 spiro atoms. The lowest BCUT2D eigenvalue weighted by Crippen LogP contribution is -2.67. The van der Waals surface area contributed by atoms with Crippen molar-refractivity contribution in [1.82, 2.24) is 10.2 Å². The molecule has 2 amide bonds. The van der Waals surface area contributed by atoms with E-state index in [4.69, 9.17) is 0 Å². The van der Waals surface area contributed by atoms with Gasteiger partial charge in [0.05, 0.1) is 0 Å². The number of hydrogen-bond acceptors (Lipinski definition) is 2. The average Bonchev–Trinajstić information content (AvgIpc) is 2.38.